The van der Waals surface area contributed by atoms with Crippen LogP contribution in [0.4, 0.5) is 17.6 Å². The second kappa shape index (κ2) is 10.2. The minimum absolute atomic E-state index is 0.0708. The second-order valence-corrected chi connectivity index (χ2v) is 11.3. The van der Waals surface area contributed by atoms with E-state index in [-0.39, 0.29) is 16.5 Å². The van der Waals surface area contributed by atoms with Crippen LogP contribution in [0.15, 0.2) is 66.6 Å². The van der Waals surface area contributed by atoms with Crippen LogP contribution >= 0.6 is 0 Å². The molecule has 4 aromatic rings. The van der Waals surface area contributed by atoms with Gasteiger partial charge in [0.25, 0.3) is 0 Å². The van der Waals surface area contributed by atoms with E-state index in [1.54, 1.807) is 29.4 Å². The van der Waals surface area contributed by atoms with Crippen molar-refractivity contribution in [2.24, 2.45) is 11.1 Å². The molecule has 0 aliphatic carbocycles. The number of allylic oxidation sites excluding steroid dienone is 2. The highest BCUT2D eigenvalue weighted by Gasteiger charge is 2.22. The lowest BCUT2D eigenvalue weighted by Gasteiger charge is -2.22. The summed E-state index contributed by atoms with van der Waals surface area (Å²) in [6.45, 7) is 14.4. The molecule has 0 saturated carbocycles. The molecule has 0 spiro atoms. The molecule has 0 atom stereocenters. The summed E-state index contributed by atoms with van der Waals surface area (Å²) in [7, 11) is 0. The summed E-state index contributed by atoms with van der Waals surface area (Å²) in [6.07, 6.45) is 4.97. The maximum Gasteiger partial charge on any atom is 0.237 e. The zero-order valence-corrected chi connectivity index (χ0v) is 23.0. The van der Waals surface area contributed by atoms with Crippen molar-refractivity contribution >= 4 is 23.3 Å². The Morgan fingerprint density at radius 3 is 2.13 bits per heavy atom. The van der Waals surface area contributed by atoms with Gasteiger partial charge in [0.05, 0.1) is 22.8 Å². The third-order valence-corrected chi connectivity index (χ3v) is 6.07. The van der Waals surface area contributed by atoms with Crippen molar-refractivity contribution in [1.29, 1.82) is 5.41 Å². The molecule has 4 N–H and O–H groups in total. The summed E-state index contributed by atoms with van der Waals surface area (Å²) in [5, 5.41) is 16.2. The summed E-state index contributed by atoms with van der Waals surface area (Å²) in [4.78, 5) is 20.4. The van der Waals surface area contributed by atoms with Crippen LogP contribution in [0.5, 0.6) is 0 Å². The van der Waals surface area contributed by atoms with E-state index < -0.39 is 0 Å². The fourth-order valence-corrected chi connectivity index (χ4v) is 3.50. The molecule has 38 heavy (non-hydrogen) atoms. The van der Waals surface area contributed by atoms with Crippen LogP contribution in [0, 0.1) is 17.7 Å². The number of aromatic amines is 1. The van der Waals surface area contributed by atoms with Crippen molar-refractivity contribution in [1.82, 2.24) is 30.1 Å². The number of aromatic nitrogens is 6. The Morgan fingerprint density at radius 1 is 0.895 bits per heavy atom. The van der Waals surface area contributed by atoms with Crippen molar-refractivity contribution in [3.63, 3.8) is 0 Å². The predicted octanol–water partition coefficient (Wildman–Crippen LogP) is 5.99. The molecule has 0 fully saturated rings. The molecule has 0 aliphatic heterocycles. The second-order valence-electron chi connectivity index (χ2n) is 11.3. The number of nitrogens with two attached hydrogens (primary N) is 1. The van der Waals surface area contributed by atoms with Gasteiger partial charge in [-0.15, -0.1) is 0 Å². The largest absolute Gasteiger partial charge is 0.402 e. The van der Waals surface area contributed by atoms with E-state index in [4.69, 9.17) is 21.1 Å². The highest BCUT2D eigenvalue weighted by molar-refractivity contribution is 6.05. The van der Waals surface area contributed by atoms with Crippen LogP contribution < -0.4 is 10.6 Å². The maximum atomic E-state index is 8.61. The number of nitrogens with one attached hydrogen (secondary N) is 2. The average Bonchev–Trinajstić information content (AvgIpc) is 3.37. The Labute approximate surface area is 223 Å². The van der Waals surface area contributed by atoms with Crippen molar-refractivity contribution in [3.8, 4) is 11.4 Å². The van der Waals surface area contributed by atoms with Gasteiger partial charge in [-0.1, -0.05) is 59.2 Å². The predicted molar refractivity (Wildman–Crippen MR) is 152 cm³/mol. The van der Waals surface area contributed by atoms with E-state index in [9.17, 15) is 0 Å². The first-order chi connectivity index (χ1) is 17.8. The molecule has 0 amide bonds. The average molecular weight is 510 g/mol. The molecule has 4 rings (SSSR count). The van der Waals surface area contributed by atoms with Gasteiger partial charge in [-0.05, 0) is 43.3 Å². The molecule has 0 unspecified atom stereocenters. The van der Waals surface area contributed by atoms with Gasteiger partial charge in [-0.2, -0.15) is 5.10 Å². The van der Waals surface area contributed by atoms with Crippen LogP contribution in [0.2, 0.25) is 0 Å². The van der Waals surface area contributed by atoms with Crippen LogP contribution in [-0.4, -0.2) is 35.8 Å². The number of benzene rings is 1. The molecule has 0 bridgehead atoms. The molecular formula is C29H35N9. The van der Waals surface area contributed by atoms with E-state index in [0.717, 1.165) is 22.6 Å². The molecule has 9 heteroatoms. The third kappa shape index (κ3) is 5.94. The van der Waals surface area contributed by atoms with Crippen LogP contribution in [-0.2, 0) is 5.41 Å². The van der Waals surface area contributed by atoms with E-state index in [2.05, 4.69) is 40.9 Å². The minimum Gasteiger partial charge on any atom is -0.402 e. The molecule has 9 nitrogen and oxygen atoms in total. The highest BCUT2D eigenvalue weighted by atomic mass is 15.3. The normalized spacial score (nSPS) is 12.4. The number of anilines is 3. The Hall–Kier alpha value is -4.40. The number of hydrogen-bond donors (Lipinski definition) is 3. The fourth-order valence-electron chi connectivity index (χ4n) is 3.50. The van der Waals surface area contributed by atoms with Crippen molar-refractivity contribution in [2.75, 3.05) is 4.90 Å². The topological polar surface area (TPSA) is 133 Å². The molecule has 3 heterocycles. The first-order valence-electron chi connectivity index (χ1n) is 12.5. The summed E-state index contributed by atoms with van der Waals surface area (Å²) in [5.74, 6) is 0.730. The van der Waals surface area contributed by atoms with E-state index in [1.165, 1.54) is 0 Å². The SMILES string of the molecule is Cc1ccc(N(c2nccc(C(=N)C=C(N)C(C)(C)C)n2)c2nccc(-c3cc(C(C)(C)C)[nH]n3)n2)cc1. The number of aryl methyl sites for hydroxylation is 1. The van der Waals surface area contributed by atoms with Gasteiger partial charge in [0.1, 0.15) is 5.69 Å². The van der Waals surface area contributed by atoms with Gasteiger partial charge in [-0.3, -0.25) is 10.5 Å². The van der Waals surface area contributed by atoms with Gasteiger partial charge < -0.3 is 5.73 Å². The Balaban J connectivity index is 1.79. The van der Waals surface area contributed by atoms with Crippen LogP contribution in [0.1, 0.15) is 58.5 Å². The Kier molecular flexibility index (Phi) is 7.13. The fraction of sp³-hybridized carbons (Fsp3) is 0.310. The molecule has 0 radical (unpaired) electrons. The number of nitrogens with zero attached hydrogens (tertiary/aromatic N) is 6. The monoisotopic (exact) mass is 509 g/mol. The smallest absolute Gasteiger partial charge is 0.237 e. The Morgan fingerprint density at radius 2 is 1.53 bits per heavy atom. The van der Waals surface area contributed by atoms with Gasteiger partial charge in [0.2, 0.25) is 11.9 Å². The minimum atomic E-state index is -0.260. The van der Waals surface area contributed by atoms with E-state index >= 15 is 0 Å². The third-order valence-electron chi connectivity index (χ3n) is 6.07. The molecular weight excluding hydrogens is 474 g/mol. The number of hydrogen-bond acceptors (Lipinski definition) is 8. The standard InChI is InChI=1S/C29H35N9/c1-18-8-10-19(11-9-18)38(26-32-14-12-21(34-26)20(30)16-24(31)28(2,3)4)27-33-15-13-22(35-27)23-17-25(37-36-23)29(5,6)7/h8-17,30H,31H2,1-7H3,(H,36,37). The van der Waals surface area contributed by atoms with Gasteiger partial charge >= 0.3 is 0 Å². The molecule has 0 aliphatic rings. The lowest BCUT2D eigenvalue weighted by Crippen LogP contribution is -2.20. The summed E-state index contributed by atoms with van der Waals surface area (Å²) < 4.78 is 0. The van der Waals surface area contributed by atoms with Gasteiger partial charge in [0, 0.05) is 34.6 Å². The molecule has 1 aromatic carbocycles. The summed E-state index contributed by atoms with van der Waals surface area (Å²) in [5.41, 5.74) is 11.4. The highest BCUT2D eigenvalue weighted by Crippen LogP contribution is 2.31. The summed E-state index contributed by atoms with van der Waals surface area (Å²) in [6, 6.07) is 13.5. The first kappa shape index (κ1) is 26.7. The molecule has 3 aromatic heterocycles. The van der Waals surface area contributed by atoms with Crippen molar-refractivity contribution < 1.29 is 0 Å². The van der Waals surface area contributed by atoms with Crippen LogP contribution in [0.3, 0.4) is 0 Å². The molecule has 196 valence electrons. The van der Waals surface area contributed by atoms with Crippen molar-refractivity contribution in [3.05, 3.63) is 83.6 Å². The van der Waals surface area contributed by atoms with Gasteiger partial charge in [0.15, 0.2) is 0 Å². The first-order valence-corrected chi connectivity index (χ1v) is 12.5. The quantitative estimate of drug-likeness (QED) is 0.272. The maximum absolute atomic E-state index is 8.61. The van der Waals surface area contributed by atoms with Crippen LogP contribution in [0.25, 0.3) is 11.4 Å². The summed E-state index contributed by atoms with van der Waals surface area (Å²) >= 11 is 0. The molecule has 0 saturated heterocycles. The zero-order chi connectivity index (χ0) is 27.7. The zero-order valence-electron chi connectivity index (χ0n) is 23.0. The van der Waals surface area contributed by atoms with E-state index in [0.29, 0.717) is 29.0 Å². The van der Waals surface area contributed by atoms with E-state index in [1.807, 2.05) is 64.1 Å². The number of H-pyrrole nitrogens is 1. The van der Waals surface area contributed by atoms with Gasteiger partial charge in [-0.25, -0.2) is 24.8 Å². The number of rotatable bonds is 6. The lowest BCUT2D eigenvalue weighted by atomic mass is 9.91. The Bertz CT molecular complexity index is 1470. The van der Waals surface area contributed by atoms with Crippen molar-refractivity contribution in [2.45, 2.75) is 53.9 Å². The lowest BCUT2D eigenvalue weighted by molar-refractivity contribution is 0.498.